The summed E-state index contributed by atoms with van der Waals surface area (Å²) in [5.74, 6) is -0.127. The van der Waals surface area contributed by atoms with E-state index >= 15 is 0 Å². The van der Waals surface area contributed by atoms with Gasteiger partial charge >= 0.3 is 0 Å². The fourth-order valence-corrected chi connectivity index (χ4v) is 3.58. The number of Topliss-reactive ketones (excluding diaryl/α,β-unsaturated/α-hetero) is 1. The zero-order valence-electron chi connectivity index (χ0n) is 15.1. The molecule has 2 aliphatic rings. The number of nitrogens with two attached hydrogens (primary N) is 1. The Bertz CT molecular complexity index is 886. The van der Waals surface area contributed by atoms with Gasteiger partial charge < -0.3 is 15.8 Å². The minimum atomic E-state index is -0.543. The standard InChI is InChI=1S/C20H21N3O3/c1-11(24)23-13-6-4-12(5-7-13)17-14(10-21)19(22)26-16-9-20(2,3)8-15(25)18(16)17/h4-7,17H,8-9,22H2,1-3H3,(H,23,24)/t17-/m1/s1. The number of carbonyl (C=O) groups is 2. The zero-order valence-corrected chi connectivity index (χ0v) is 15.1. The third-order valence-corrected chi connectivity index (χ3v) is 4.64. The van der Waals surface area contributed by atoms with Crippen molar-refractivity contribution in [2.24, 2.45) is 11.1 Å². The van der Waals surface area contributed by atoms with Crippen LogP contribution in [0.1, 0.15) is 45.1 Å². The van der Waals surface area contributed by atoms with Crippen LogP contribution in [0.5, 0.6) is 0 Å². The SMILES string of the molecule is CC(=O)Nc1ccc([C@@H]2C(C#N)=C(N)OC3=C2C(=O)CC(C)(C)C3)cc1. The van der Waals surface area contributed by atoms with Crippen molar-refractivity contribution in [2.75, 3.05) is 5.32 Å². The number of allylic oxidation sites excluding steroid dienone is 3. The lowest BCUT2D eigenvalue weighted by Gasteiger charge is -2.37. The number of ether oxygens (including phenoxy) is 1. The highest BCUT2D eigenvalue weighted by atomic mass is 16.5. The van der Waals surface area contributed by atoms with E-state index in [1.807, 2.05) is 13.8 Å². The van der Waals surface area contributed by atoms with Crippen molar-refractivity contribution in [2.45, 2.75) is 39.5 Å². The number of benzene rings is 1. The van der Waals surface area contributed by atoms with E-state index in [9.17, 15) is 14.9 Å². The van der Waals surface area contributed by atoms with Crippen LogP contribution in [0.15, 0.2) is 47.1 Å². The second kappa shape index (κ2) is 6.34. The maximum Gasteiger partial charge on any atom is 0.221 e. The molecule has 1 aliphatic heterocycles. The number of nitrogens with one attached hydrogen (secondary N) is 1. The summed E-state index contributed by atoms with van der Waals surface area (Å²) in [5, 5.41) is 12.3. The molecule has 1 atom stereocenters. The molecular formula is C20H21N3O3. The van der Waals surface area contributed by atoms with Crippen LogP contribution in [-0.4, -0.2) is 11.7 Å². The topological polar surface area (TPSA) is 105 Å². The summed E-state index contributed by atoms with van der Waals surface area (Å²) in [7, 11) is 0. The van der Waals surface area contributed by atoms with Crippen LogP contribution >= 0.6 is 0 Å². The summed E-state index contributed by atoms with van der Waals surface area (Å²) in [6.45, 7) is 5.45. The van der Waals surface area contributed by atoms with Gasteiger partial charge in [-0.1, -0.05) is 26.0 Å². The third-order valence-electron chi connectivity index (χ3n) is 4.64. The van der Waals surface area contributed by atoms with Crippen LogP contribution < -0.4 is 11.1 Å². The zero-order chi connectivity index (χ0) is 19.1. The molecule has 0 saturated carbocycles. The van der Waals surface area contributed by atoms with E-state index in [2.05, 4.69) is 11.4 Å². The number of nitrogens with zero attached hydrogens (tertiary/aromatic N) is 1. The van der Waals surface area contributed by atoms with E-state index < -0.39 is 5.92 Å². The van der Waals surface area contributed by atoms with Gasteiger partial charge in [-0.25, -0.2) is 0 Å². The van der Waals surface area contributed by atoms with Gasteiger partial charge in [0.15, 0.2) is 5.78 Å². The Labute approximate surface area is 152 Å². The third kappa shape index (κ3) is 3.21. The Morgan fingerprint density at radius 1 is 1.31 bits per heavy atom. The van der Waals surface area contributed by atoms with Crippen molar-refractivity contribution in [3.8, 4) is 6.07 Å². The second-order valence-electron chi connectivity index (χ2n) is 7.51. The minimum absolute atomic E-state index is 0.0209. The molecule has 0 saturated heterocycles. The van der Waals surface area contributed by atoms with Gasteiger partial charge in [-0.3, -0.25) is 9.59 Å². The van der Waals surface area contributed by atoms with Gasteiger partial charge in [0, 0.05) is 31.0 Å². The highest BCUT2D eigenvalue weighted by Crippen LogP contribution is 2.47. The molecule has 0 bridgehead atoms. The Kier molecular flexibility index (Phi) is 4.33. The summed E-state index contributed by atoms with van der Waals surface area (Å²) in [5.41, 5.74) is 7.95. The monoisotopic (exact) mass is 351 g/mol. The number of amides is 1. The van der Waals surface area contributed by atoms with Crippen LogP contribution in [0, 0.1) is 16.7 Å². The van der Waals surface area contributed by atoms with Gasteiger partial charge in [0.05, 0.1) is 5.92 Å². The number of hydrogen-bond donors (Lipinski definition) is 2. The van der Waals surface area contributed by atoms with E-state index in [-0.39, 0.29) is 28.6 Å². The van der Waals surface area contributed by atoms with Crippen LogP contribution in [0.25, 0.3) is 0 Å². The number of nitriles is 1. The van der Waals surface area contributed by atoms with E-state index in [0.717, 1.165) is 5.56 Å². The number of rotatable bonds is 2. The van der Waals surface area contributed by atoms with Crippen LogP contribution in [0.2, 0.25) is 0 Å². The molecule has 6 heteroatoms. The Morgan fingerprint density at radius 3 is 2.54 bits per heavy atom. The molecule has 1 aliphatic carbocycles. The lowest BCUT2D eigenvalue weighted by molar-refractivity contribution is -0.119. The average molecular weight is 351 g/mol. The first kappa shape index (κ1) is 17.7. The fourth-order valence-electron chi connectivity index (χ4n) is 3.58. The highest BCUT2D eigenvalue weighted by molar-refractivity contribution is 6.00. The molecule has 0 fully saturated rings. The van der Waals surface area contributed by atoms with Gasteiger partial charge in [0.1, 0.15) is 17.4 Å². The number of ketones is 1. The summed E-state index contributed by atoms with van der Waals surface area (Å²) in [6.07, 6.45) is 0.988. The first-order chi connectivity index (χ1) is 12.2. The summed E-state index contributed by atoms with van der Waals surface area (Å²) in [6, 6.07) is 9.18. The van der Waals surface area contributed by atoms with Crippen LogP contribution in [0.4, 0.5) is 5.69 Å². The number of carbonyl (C=O) groups excluding carboxylic acids is 2. The molecule has 1 heterocycles. The first-order valence-corrected chi connectivity index (χ1v) is 8.43. The summed E-state index contributed by atoms with van der Waals surface area (Å²) < 4.78 is 5.66. The van der Waals surface area contributed by atoms with Crippen LogP contribution in [-0.2, 0) is 14.3 Å². The van der Waals surface area contributed by atoms with Gasteiger partial charge in [0.25, 0.3) is 0 Å². The molecule has 1 amide bonds. The van der Waals surface area contributed by atoms with E-state index in [0.29, 0.717) is 29.9 Å². The van der Waals surface area contributed by atoms with Gasteiger partial charge in [-0.05, 0) is 23.1 Å². The summed E-state index contributed by atoms with van der Waals surface area (Å²) >= 11 is 0. The highest BCUT2D eigenvalue weighted by Gasteiger charge is 2.42. The molecule has 0 spiro atoms. The largest absolute Gasteiger partial charge is 0.444 e. The van der Waals surface area contributed by atoms with Crippen LogP contribution in [0.3, 0.4) is 0 Å². The molecule has 1 aromatic carbocycles. The Balaban J connectivity index is 2.08. The normalized spacial score (nSPS) is 21.6. The molecule has 6 nitrogen and oxygen atoms in total. The Hall–Kier alpha value is -3.07. The molecule has 26 heavy (non-hydrogen) atoms. The maximum absolute atomic E-state index is 12.8. The molecule has 134 valence electrons. The van der Waals surface area contributed by atoms with E-state index in [1.165, 1.54) is 6.92 Å². The lowest BCUT2D eigenvalue weighted by Crippen LogP contribution is -2.33. The number of hydrogen-bond acceptors (Lipinski definition) is 5. The van der Waals surface area contributed by atoms with Crippen molar-refractivity contribution >= 4 is 17.4 Å². The minimum Gasteiger partial charge on any atom is -0.444 e. The molecule has 3 rings (SSSR count). The maximum atomic E-state index is 12.8. The van der Waals surface area contributed by atoms with Crippen molar-refractivity contribution in [3.63, 3.8) is 0 Å². The molecule has 0 aromatic heterocycles. The van der Waals surface area contributed by atoms with Crippen molar-refractivity contribution in [1.29, 1.82) is 5.26 Å². The Morgan fingerprint density at radius 2 is 1.96 bits per heavy atom. The first-order valence-electron chi connectivity index (χ1n) is 8.43. The van der Waals surface area contributed by atoms with Crippen molar-refractivity contribution < 1.29 is 14.3 Å². The lowest BCUT2D eigenvalue weighted by atomic mass is 9.70. The predicted octanol–water partition coefficient (Wildman–Crippen LogP) is 3.10. The predicted molar refractivity (Wildman–Crippen MR) is 96.4 cm³/mol. The van der Waals surface area contributed by atoms with Crippen molar-refractivity contribution in [1.82, 2.24) is 0 Å². The molecule has 3 N–H and O–H groups in total. The van der Waals surface area contributed by atoms with E-state index in [1.54, 1.807) is 24.3 Å². The average Bonchev–Trinajstić information content (AvgIpc) is 2.52. The van der Waals surface area contributed by atoms with Gasteiger partial charge in [-0.2, -0.15) is 5.26 Å². The second-order valence-corrected chi connectivity index (χ2v) is 7.51. The molecule has 0 radical (unpaired) electrons. The smallest absolute Gasteiger partial charge is 0.221 e. The van der Waals surface area contributed by atoms with Gasteiger partial charge in [-0.15, -0.1) is 0 Å². The van der Waals surface area contributed by atoms with Gasteiger partial charge in [0.2, 0.25) is 11.8 Å². The van der Waals surface area contributed by atoms with Crippen molar-refractivity contribution in [3.05, 3.63) is 52.6 Å². The molecule has 0 unspecified atom stereocenters. The van der Waals surface area contributed by atoms with E-state index in [4.69, 9.17) is 10.5 Å². The molecule has 1 aromatic rings. The fraction of sp³-hybridized carbons (Fsp3) is 0.350. The quantitative estimate of drug-likeness (QED) is 0.852. The molecular weight excluding hydrogens is 330 g/mol. The summed E-state index contributed by atoms with van der Waals surface area (Å²) in [4.78, 5) is 24.0. The number of anilines is 1.